The summed E-state index contributed by atoms with van der Waals surface area (Å²) in [7, 11) is 0. The molecule has 0 unspecified atom stereocenters. The number of unbranched alkanes of at least 4 members (excludes halogenated alkanes) is 5. The molecule has 4 heteroatoms. The third-order valence-corrected chi connectivity index (χ3v) is 3.45. The van der Waals surface area contributed by atoms with E-state index in [-0.39, 0.29) is 10.6 Å². The lowest BCUT2D eigenvalue weighted by molar-refractivity contribution is -0.427. The number of hydrogen-bond acceptors (Lipinski definition) is 3. The molecule has 0 spiro atoms. The molecule has 0 bridgehead atoms. The summed E-state index contributed by atoms with van der Waals surface area (Å²) in [6.07, 6.45) is 24.0. The fourth-order valence-corrected chi connectivity index (χ4v) is 2.05. The molecule has 0 atom stereocenters. The molecule has 1 radical (unpaired) electrons. The van der Waals surface area contributed by atoms with Gasteiger partial charge in [0.05, 0.1) is 11.3 Å². The fraction of sp³-hybridized carbons (Fsp3) is 0.550. The van der Waals surface area contributed by atoms with Crippen molar-refractivity contribution in [1.82, 2.24) is 0 Å². The van der Waals surface area contributed by atoms with Crippen molar-refractivity contribution in [2.45, 2.75) is 71.1 Å². The van der Waals surface area contributed by atoms with Crippen LogP contribution in [-0.2, 0) is 4.79 Å². The molecule has 0 N–H and O–H groups in total. The van der Waals surface area contributed by atoms with E-state index >= 15 is 0 Å². The van der Waals surface area contributed by atoms with Gasteiger partial charge in [-0.2, -0.15) is 0 Å². The lowest BCUT2D eigenvalue weighted by Crippen LogP contribution is -1.97. The van der Waals surface area contributed by atoms with Crippen LogP contribution in [0.25, 0.3) is 0 Å². The average Bonchev–Trinajstić information content (AvgIpc) is 2.57. The Morgan fingerprint density at radius 1 is 0.958 bits per heavy atom. The Bertz CT molecular complexity index is 448. The van der Waals surface area contributed by atoms with Gasteiger partial charge in [-0.15, -0.1) is 0 Å². The number of nitrogens with zero attached hydrogens (tertiary/aromatic N) is 1. The highest BCUT2D eigenvalue weighted by molar-refractivity contribution is 5.50. The Morgan fingerprint density at radius 2 is 1.62 bits per heavy atom. The second kappa shape index (κ2) is 17.4. The topological polar surface area (TPSA) is 60.2 Å². The number of carbonyl (C=O) groups excluding carboxylic acids is 1. The highest BCUT2D eigenvalue weighted by atomic mass is 16.6. The van der Waals surface area contributed by atoms with Crippen LogP contribution in [0.1, 0.15) is 71.1 Å². The first-order chi connectivity index (χ1) is 11.7. The van der Waals surface area contributed by atoms with Crippen LogP contribution in [0.4, 0.5) is 0 Å². The van der Waals surface area contributed by atoms with Crippen LogP contribution in [0.15, 0.2) is 48.2 Å². The summed E-state index contributed by atoms with van der Waals surface area (Å²) in [6.45, 7) is 2.17. The predicted molar refractivity (Wildman–Crippen MR) is 100 cm³/mol. The molecule has 0 aliphatic heterocycles. The second-order valence-electron chi connectivity index (χ2n) is 5.57. The van der Waals surface area contributed by atoms with E-state index < -0.39 is 0 Å². The maximum atomic E-state index is 11.0. The van der Waals surface area contributed by atoms with Crippen LogP contribution in [0, 0.1) is 10.1 Å². The molecule has 0 aliphatic rings. The lowest BCUT2D eigenvalue weighted by Gasteiger charge is -1.94. The van der Waals surface area contributed by atoms with E-state index in [2.05, 4.69) is 13.0 Å². The standard InChI is InChI=1S/C20H30NO3/c1-2-3-4-5-8-11-14-17-20(21(23)24)18-15-12-9-6-7-10-13-16-19-22/h6-8,11-12,15,17H,2-5,9-10,13-14,16,18H2,1H3/b7-6+,11-8+,15-12+,20-17-. The van der Waals surface area contributed by atoms with Crippen LogP contribution in [0.3, 0.4) is 0 Å². The highest BCUT2D eigenvalue weighted by Crippen LogP contribution is 2.07. The van der Waals surface area contributed by atoms with Crippen molar-refractivity contribution in [1.29, 1.82) is 0 Å². The summed E-state index contributed by atoms with van der Waals surface area (Å²) in [5.74, 6) is 0. The molecule has 0 heterocycles. The van der Waals surface area contributed by atoms with E-state index in [0.717, 1.165) is 25.7 Å². The first kappa shape index (κ1) is 22.0. The number of hydrogen-bond donors (Lipinski definition) is 0. The number of allylic oxidation sites excluding steroid dienone is 7. The summed E-state index contributed by atoms with van der Waals surface area (Å²) in [5.41, 5.74) is 0.245. The van der Waals surface area contributed by atoms with Crippen molar-refractivity contribution in [2.75, 3.05) is 0 Å². The number of nitro groups is 1. The zero-order valence-corrected chi connectivity index (χ0v) is 14.8. The van der Waals surface area contributed by atoms with Gasteiger partial charge in [-0.3, -0.25) is 14.9 Å². The second-order valence-corrected chi connectivity index (χ2v) is 5.57. The van der Waals surface area contributed by atoms with Crippen LogP contribution in [0.2, 0.25) is 0 Å². The van der Waals surface area contributed by atoms with Gasteiger partial charge in [0.15, 0.2) is 6.29 Å². The average molecular weight is 332 g/mol. The monoisotopic (exact) mass is 332 g/mol. The molecule has 0 aromatic rings. The molecule has 0 aromatic heterocycles. The van der Waals surface area contributed by atoms with Gasteiger partial charge in [0.2, 0.25) is 5.70 Å². The Kier molecular flexibility index (Phi) is 16.0. The summed E-state index contributed by atoms with van der Waals surface area (Å²) in [5, 5.41) is 11.0. The number of rotatable bonds is 15. The maximum absolute atomic E-state index is 11.0. The molecular formula is C20H30NO3. The van der Waals surface area contributed by atoms with Crippen LogP contribution in [-0.4, -0.2) is 11.2 Å². The molecule has 0 saturated carbocycles. The van der Waals surface area contributed by atoms with E-state index in [1.807, 2.05) is 36.7 Å². The van der Waals surface area contributed by atoms with Gasteiger partial charge in [0.25, 0.3) is 0 Å². The van der Waals surface area contributed by atoms with E-state index in [1.165, 1.54) is 19.3 Å². The highest BCUT2D eigenvalue weighted by Gasteiger charge is 2.06. The summed E-state index contributed by atoms with van der Waals surface area (Å²) in [6, 6.07) is 0. The minimum atomic E-state index is -0.305. The largest absolute Gasteiger partial charge is 0.291 e. The van der Waals surface area contributed by atoms with Crippen molar-refractivity contribution in [2.24, 2.45) is 0 Å². The minimum absolute atomic E-state index is 0.245. The van der Waals surface area contributed by atoms with Crippen molar-refractivity contribution in [3.05, 3.63) is 58.3 Å². The first-order valence-electron chi connectivity index (χ1n) is 8.85. The van der Waals surface area contributed by atoms with Gasteiger partial charge in [-0.1, -0.05) is 56.2 Å². The van der Waals surface area contributed by atoms with Crippen molar-refractivity contribution in [3.8, 4) is 0 Å². The maximum Gasteiger partial charge on any atom is 0.246 e. The molecule has 0 rings (SSSR count). The van der Waals surface area contributed by atoms with E-state index in [0.29, 0.717) is 19.3 Å². The van der Waals surface area contributed by atoms with Gasteiger partial charge in [-0.25, -0.2) is 0 Å². The molecule has 0 saturated heterocycles. The molecule has 0 aromatic carbocycles. The van der Waals surface area contributed by atoms with E-state index in [9.17, 15) is 14.9 Å². The van der Waals surface area contributed by atoms with E-state index in [1.54, 1.807) is 6.08 Å². The summed E-state index contributed by atoms with van der Waals surface area (Å²) in [4.78, 5) is 20.7. The quantitative estimate of drug-likeness (QED) is 0.164. The van der Waals surface area contributed by atoms with Crippen LogP contribution < -0.4 is 0 Å². The van der Waals surface area contributed by atoms with Gasteiger partial charge in [-0.05, 0) is 44.6 Å². The molecule has 4 nitrogen and oxygen atoms in total. The molecule has 133 valence electrons. The Balaban J connectivity index is 4.02. The summed E-state index contributed by atoms with van der Waals surface area (Å²) >= 11 is 0. The zero-order chi connectivity index (χ0) is 17.9. The summed E-state index contributed by atoms with van der Waals surface area (Å²) < 4.78 is 0. The van der Waals surface area contributed by atoms with Crippen LogP contribution in [0.5, 0.6) is 0 Å². The predicted octanol–water partition coefficient (Wildman–Crippen LogP) is 5.85. The first-order valence-corrected chi connectivity index (χ1v) is 8.85. The molecule has 0 fully saturated rings. The Hall–Kier alpha value is -1.97. The van der Waals surface area contributed by atoms with Gasteiger partial charge in [0, 0.05) is 6.42 Å². The van der Waals surface area contributed by atoms with Crippen molar-refractivity contribution >= 4 is 6.29 Å². The third kappa shape index (κ3) is 14.9. The van der Waals surface area contributed by atoms with Gasteiger partial charge in [0.1, 0.15) is 0 Å². The van der Waals surface area contributed by atoms with Crippen molar-refractivity contribution < 1.29 is 9.72 Å². The fourth-order valence-electron chi connectivity index (χ4n) is 2.05. The SMILES string of the molecule is CCCCC/C=C/C/C=C(/C/C=C/C/C=C/CCC[C]=O)[N+](=O)[O-]. The van der Waals surface area contributed by atoms with E-state index in [4.69, 9.17) is 0 Å². The Labute approximate surface area is 146 Å². The molecule has 24 heavy (non-hydrogen) atoms. The third-order valence-electron chi connectivity index (χ3n) is 3.45. The van der Waals surface area contributed by atoms with Gasteiger partial charge >= 0.3 is 0 Å². The normalized spacial score (nSPS) is 12.6. The van der Waals surface area contributed by atoms with Crippen LogP contribution >= 0.6 is 0 Å². The molecular weight excluding hydrogens is 302 g/mol. The molecule has 0 aliphatic carbocycles. The van der Waals surface area contributed by atoms with Gasteiger partial charge < -0.3 is 0 Å². The molecule has 0 amide bonds. The minimum Gasteiger partial charge on any atom is -0.291 e. The smallest absolute Gasteiger partial charge is 0.246 e. The zero-order valence-electron chi connectivity index (χ0n) is 14.8. The Morgan fingerprint density at radius 3 is 2.29 bits per heavy atom. The van der Waals surface area contributed by atoms with Crippen molar-refractivity contribution in [3.63, 3.8) is 0 Å². The lowest BCUT2D eigenvalue weighted by atomic mass is 10.2.